The van der Waals surface area contributed by atoms with Gasteiger partial charge in [-0.05, 0) is 51.1 Å². The third kappa shape index (κ3) is 4.76. The number of carbonyl (C=O) groups is 1. The fourth-order valence-corrected chi connectivity index (χ4v) is 5.73. The summed E-state index contributed by atoms with van der Waals surface area (Å²) in [6.07, 6.45) is 11.4. The van der Waals surface area contributed by atoms with Gasteiger partial charge < -0.3 is 19.7 Å². The van der Waals surface area contributed by atoms with E-state index in [1.807, 2.05) is 0 Å². The number of nitrogens with one attached hydrogen (secondary N) is 1. The van der Waals surface area contributed by atoms with Crippen LogP contribution in [0.4, 0.5) is 11.6 Å². The number of aromatic nitrogens is 4. The highest BCUT2D eigenvalue weighted by atomic mass is 16.1. The van der Waals surface area contributed by atoms with Crippen molar-refractivity contribution in [2.24, 2.45) is 0 Å². The second kappa shape index (κ2) is 9.79. The van der Waals surface area contributed by atoms with Crippen LogP contribution in [0.1, 0.15) is 81.3 Å². The van der Waals surface area contributed by atoms with Gasteiger partial charge in [-0.3, -0.25) is 4.79 Å². The number of rotatable bonds is 7. The van der Waals surface area contributed by atoms with Crippen molar-refractivity contribution in [2.75, 3.05) is 42.9 Å². The number of hydrogen-bond acceptors (Lipinski definition) is 6. The molecule has 1 atom stereocenters. The first-order valence-corrected chi connectivity index (χ1v) is 12.8. The zero-order chi connectivity index (χ0) is 22.8. The molecule has 33 heavy (non-hydrogen) atoms. The standard InChI is InChI=1S/C25H37N7O/c1-3-6-20-16-32(14-13-30-9-4-5-10-30)24(28-20)19-7-11-31(12-8-19)25-22-18(2)15-21(33)29-23(22)26-17-27-25/h16-19H,3-15H2,1-2H3,(H,26,27,29,33). The minimum absolute atomic E-state index is 0.0435. The van der Waals surface area contributed by atoms with E-state index in [1.165, 1.54) is 37.4 Å². The fourth-order valence-electron chi connectivity index (χ4n) is 5.73. The molecule has 178 valence electrons. The summed E-state index contributed by atoms with van der Waals surface area (Å²) in [5.74, 6) is 3.64. The van der Waals surface area contributed by atoms with Gasteiger partial charge in [0, 0.05) is 50.3 Å². The zero-order valence-corrected chi connectivity index (χ0v) is 20.1. The molecule has 2 fully saturated rings. The Kier molecular flexibility index (Phi) is 6.62. The van der Waals surface area contributed by atoms with Crippen molar-refractivity contribution in [3.05, 3.63) is 29.6 Å². The molecule has 0 bridgehead atoms. The Hall–Kier alpha value is -2.48. The first-order valence-electron chi connectivity index (χ1n) is 12.8. The Morgan fingerprint density at radius 1 is 1.09 bits per heavy atom. The lowest BCUT2D eigenvalue weighted by Gasteiger charge is -2.35. The minimum atomic E-state index is 0.0435. The van der Waals surface area contributed by atoms with Gasteiger partial charge in [0.1, 0.15) is 23.8 Å². The molecule has 1 N–H and O–H groups in total. The van der Waals surface area contributed by atoms with Crippen LogP contribution < -0.4 is 10.2 Å². The molecule has 0 aromatic carbocycles. The topological polar surface area (TPSA) is 79.2 Å². The lowest BCUT2D eigenvalue weighted by atomic mass is 9.92. The minimum Gasteiger partial charge on any atom is -0.356 e. The van der Waals surface area contributed by atoms with Crippen LogP contribution in [-0.2, 0) is 17.8 Å². The molecule has 2 aromatic rings. The first-order chi connectivity index (χ1) is 16.1. The van der Waals surface area contributed by atoms with E-state index in [9.17, 15) is 4.79 Å². The van der Waals surface area contributed by atoms with Crippen LogP contribution in [0.5, 0.6) is 0 Å². The van der Waals surface area contributed by atoms with E-state index in [1.54, 1.807) is 6.33 Å². The highest BCUT2D eigenvalue weighted by molar-refractivity contribution is 5.94. The third-order valence-corrected chi connectivity index (χ3v) is 7.48. The number of anilines is 2. The average molecular weight is 452 g/mol. The van der Waals surface area contributed by atoms with Gasteiger partial charge in [0.05, 0.1) is 5.69 Å². The van der Waals surface area contributed by atoms with Gasteiger partial charge in [0.2, 0.25) is 5.91 Å². The zero-order valence-electron chi connectivity index (χ0n) is 20.1. The molecule has 1 unspecified atom stereocenters. The van der Waals surface area contributed by atoms with Crippen molar-refractivity contribution in [1.29, 1.82) is 0 Å². The monoisotopic (exact) mass is 451 g/mol. The largest absolute Gasteiger partial charge is 0.356 e. The van der Waals surface area contributed by atoms with E-state index in [0.29, 0.717) is 18.2 Å². The number of fused-ring (bicyclic) bond motifs is 1. The third-order valence-electron chi connectivity index (χ3n) is 7.48. The second-order valence-corrected chi connectivity index (χ2v) is 9.96. The molecule has 8 nitrogen and oxygen atoms in total. The summed E-state index contributed by atoms with van der Waals surface area (Å²) in [5.41, 5.74) is 2.33. The van der Waals surface area contributed by atoms with Crippen molar-refractivity contribution in [2.45, 2.75) is 77.2 Å². The summed E-state index contributed by atoms with van der Waals surface area (Å²) in [5, 5.41) is 2.93. The van der Waals surface area contributed by atoms with Crippen LogP contribution >= 0.6 is 0 Å². The maximum absolute atomic E-state index is 11.9. The Morgan fingerprint density at radius 3 is 2.64 bits per heavy atom. The summed E-state index contributed by atoms with van der Waals surface area (Å²) in [7, 11) is 0. The van der Waals surface area contributed by atoms with Gasteiger partial charge in [0.15, 0.2) is 0 Å². The van der Waals surface area contributed by atoms with Gasteiger partial charge in [0.25, 0.3) is 0 Å². The molecule has 1 amide bonds. The number of amides is 1. The normalized spacial score (nSPS) is 21.9. The molecular formula is C25H37N7O. The molecule has 2 aromatic heterocycles. The highest BCUT2D eigenvalue weighted by Crippen LogP contribution is 2.38. The number of imidazole rings is 1. The summed E-state index contributed by atoms with van der Waals surface area (Å²) in [6.45, 7) is 10.9. The summed E-state index contributed by atoms with van der Waals surface area (Å²) in [4.78, 5) is 31.0. The lowest BCUT2D eigenvalue weighted by molar-refractivity contribution is -0.116. The van der Waals surface area contributed by atoms with Crippen LogP contribution in [0.25, 0.3) is 0 Å². The van der Waals surface area contributed by atoms with Crippen LogP contribution in [-0.4, -0.2) is 63.0 Å². The van der Waals surface area contributed by atoms with Crippen molar-refractivity contribution in [3.8, 4) is 0 Å². The first kappa shape index (κ1) is 22.3. The van der Waals surface area contributed by atoms with Gasteiger partial charge >= 0.3 is 0 Å². The van der Waals surface area contributed by atoms with Gasteiger partial charge in [-0.2, -0.15) is 0 Å². The van der Waals surface area contributed by atoms with Gasteiger partial charge in [-0.1, -0.05) is 20.3 Å². The molecule has 5 heterocycles. The van der Waals surface area contributed by atoms with Gasteiger partial charge in [-0.25, -0.2) is 15.0 Å². The van der Waals surface area contributed by atoms with Crippen molar-refractivity contribution in [3.63, 3.8) is 0 Å². The molecule has 0 radical (unpaired) electrons. The number of nitrogens with zero attached hydrogens (tertiary/aromatic N) is 6. The Morgan fingerprint density at radius 2 is 1.88 bits per heavy atom. The predicted molar refractivity (Wildman–Crippen MR) is 130 cm³/mol. The Balaban J connectivity index is 1.29. The molecular weight excluding hydrogens is 414 g/mol. The maximum atomic E-state index is 11.9. The molecule has 0 saturated carbocycles. The number of carbonyl (C=O) groups excluding carboxylic acids is 1. The van der Waals surface area contributed by atoms with Crippen molar-refractivity contribution in [1.82, 2.24) is 24.4 Å². The van der Waals surface area contributed by atoms with E-state index in [4.69, 9.17) is 4.98 Å². The SMILES string of the molecule is CCCc1cn(CCN2CCCC2)c(C2CCN(c3ncnc4c3C(C)CC(=O)N4)CC2)n1. The molecule has 0 aliphatic carbocycles. The number of likely N-dealkylation sites (tertiary alicyclic amines) is 1. The Labute approximate surface area is 196 Å². The van der Waals surface area contributed by atoms with E-state index in [-0.39, 0.29) is 11.8 Å². The lowest BCUT2D eigenvalue weighted by Crippen LogP contribution is -2.36. The van der Waals surface area contributed by atoms with Crippen LogP contribution in [0.15, 0.2) is 12.5 Å². The molecule has 0 spiro atoms. The van der Waals surface area contributed by atoms with E-state index >= 15 is 0 Å². The van der Waals surface area contributed by atoms with E-state index in [0.717, 1.165) is 63.2 Å². The molecule has 5 rings (SSSR count). The molecule has 3 aliphatic rings. The number of hydrogen-bond donors (Lipinski definition) is 1. The predicted octanol–water partition coefficient (Wildman–Crippen LogP) is 3.55. The maximum Gasteiger partial charge on any atom is 0.226 e. The quantitative estimate of drug-likeness (QED) is 0.694. The summed E-state index contributed by atoms with van der Waals surface area (Å²) < 4.78 is 2.45. The molecule has 8 heteroatoms. The summed E-state index contributed by atoms with van der Waals surface area (Å²) >= 11 is 0. The van der Waals surface area contributed by atoms with Crippen LogP contribution in [0, 0.1) is 0 Å². The van der Waals surface area contributed by atoms with E-state index in [2.05, 4.69) is 49.7 Å². The fraction of sp³-hybridized carbons (Fsp3) is 0.680. The second-order valence-electron chi connectivity index (χ2n) is 9.96. The van der Waals surface area contributed by atoms with Crippen LogP contribution in [0.2, 0.25) is 0 Å². The van der Waals surface area contributed by atoms with Crippen molar-refractivity contribution < 1.29 is 4.79 Å². The molecule has 3 aliphatic heterocycles. The van der Waals surface area contributed by atoms with Gasteiger partial charge in [-0.15, -0.1) is 0 Å². The van der Waals surface area contributed by atoms with Crippen molar-refractivity contribution >= 4 is 17.5 Å². The highest BCUT2D eigenvalue weighted by Gasteiger charge is 2.31. The van der Waals surface area contributed by atoms with Crippen LogP contribution in [0.3, 0.4) is 0 Å². The number of aryl methyl sites for hydroxylation is 1. The van der Waals surface area contributed by atoms with E-state index < -0.39 is 0 Å². The smallest absolute Gasteiger partial charge is 0.226 e. The average Bonchev–Trinajstić information content (AvgIpc) is 3.47. The Bertz CT molecular complexity index is 973. The number of piperidine rings is 1. The molecule has 2 saturated heterocycles. The summed E-state index contributed by atoms with van der Waals surface area (Å²) in [6, 6.07) is 0.